The SMILES string of the molecule is COc1ccncc1[C@H](O)[C@H]1CCCCN1C(=O)Cc1ccc(C(F)(F)F)nc1. The summed E-state index contributed by atoms with van der Waals surface area (Å²) in [6, 6.07) is 3.30. The van der Waals surface area contributed by atoms with E-state index < -0.39 is 24.0 Å². The fourth-order valence-electron chi connectivity index (χ4n) is 3.58. The van der Waals surface area contributed by atoms with Gasteiger partial charge in [0.15, 0.2) is 0 Å². The molecular formula is C20H22F3N3O3. The van der Waals surface area contributed by atoms with Crippen molar-refractivity contribution in [2.24, 2.45) is 0 Å². The van der Waals surface area contributed by atoms with Crippen molar-refractivity contribution >= 4 is 5.91 Å². The number of carbonyl (C=O) groups is 1. The molecule has 0 saturated carbocycles. The van der Waals surface area contributed by atoms with Crippen LogP contribution in [0.3, 0.4) is 0 Å². The van der Waals surface area contributed by atoms with Gasteiger partial charge in [-0.25, -0.2) is 0 Å². The summed E-state index contributed by atoms with van der Waals surface area (Å²) in [7, 11) is 1.49. The standard InChI is InChI=1S/C20H22F3N3O3/c1-29-16-7-8-24-12-14(16)19(28)15-4-2-3-9-26(15)18(27)10-13-5-6-17(25-11-13)20(21,22)23/h5-8,11-12,15,19,28H,2-4,9-10H2,1H3/t15-,19+/m1/s1. The second-order valence-corrected chi connectivity index (χ2v) is 6.94. The van der Waals surface area contributed by atoms with Gasteiger partial charge in [0.05, 0.1) is 19.6 Å². The summed E-state index contributed by atoms with van der Waals surface area (Å²) in [5, 5.41) is 10.9. The van der Waals surface area contributed by atoms with E-state index in [0.29, 0.717) is 29.8 Å². The third-order valence-corrected chi connectivity index (χ3v) is 5.05. The molecule has 1 N–H and O–H groups in total. The number of halogens is 3. The summed E-state index contributed by atoms with van der Waals surface area (Å²) in [6.45, 7) is 0.469. The maximum absolute atomic E-state index is 12.9. The van der Waals surface area contributed by atoms with Crippen LogP contribution in [0.15, 0.2) is 36.8 Å². The monoisotopic (exact) mass is 409 g/mol. The average Bonchev–Trinajstić information content (AvgIpc) is 2.73. The Labute approximate surface area is 166 Å². The molecule has 2 atom stereocenters. The molecule has 9 heteroatoms. The lowest BCUT2D eigenvalue weighted by molar-refractivity contribution is -0.141. The fourth-order valence-corrected chi connectivity index (χ4v) is 3.58. The van der Waals surface area contributed by atoms with Crippen molar-refractivity contribution in [2.75, 3.05) is 13.7 Å². The summed E-state index contributed by atoms with van der Waals surface area (Å²) >= 11 is 0. The van der Waals surface area contributed by atoms with Gasteiger partial charge in [0.1, 0.15) is 17.5 Å². The number of methoxy groups -OCH3 is 1. The smallest absolute Gasteiger partial charge is 0.433 e. The molecule has 3 rings (SSSR count). The van der Waals surface area contributed by atoms with Crippen LogP contribution in [0.4, 0.5) is 13.2 Å². The van der Waals surface area contributed by atoms with Gasteiger partial charge in [-0.15, -0.1) is 0 Å². The van der Waals surface area contributed by atoms with Crippen LogP contribution in [-0.2, 0) is 17.4 Å². The van der Waals surface area contributed by atoms with E-state index in [1.165, 1.54) is 19.4 Å². The predicted molar refractivity (Wildman–Crippen MR) is 98.0 cm³/mol. The number of likely N-dealkylation sites (tertiary alicyclic amines) is 1. The number of rotatable bonds is 5. The maximum atomic E-state index is 12.9. The Balaban J connectivity index is 1.76. The molecule has 2 aromatic rings. The number of amides is 1. The molecule has 2 aromatic heterocycles. The van der Waals surface area contributed by atoms with E-state index in [9.17, 15) is 23.1 Å². The van der Waals surface area contributed by atoms with E-state index >= 15 is 0 Å². The second kappa shape index (κ2) is 8.77. The van der Waals surface area contributed by atoms with Crippen LogP contribution >= 0.6 is 0 Å². The van der Waals surface area contributed by atoms with Crippen molar-refractivity contribution in [2.45, 2.75) is 44.0 Å². The van der Waals surface area contributed by atoms with Gasteiger partial charge in [0.2, 0.25) is 5.91 Å². The molecule has 0 radical (unpaired) electrons. The third-order valence-electron chi connectivity index (χ3n) is 5.05. The number of hydrogen-bond donors (Lipinski definition) is 1. The van der Waals surface area contributed by atoms with E-state index in [1.807, 2.05) is 0 Å². The highest BCUT2D eigenvalue weighted by Gasteiger charge is 2.35. The third kappa shape index (κ3) is 4.84. The largest absolute Gasteiger partial charge is 0.496 e. The van der Waals surface area contributed by atoms with Gasteiger partial charge in [-0.05, 0) is 37.0 Å². The number of pyridine rings is 2. The van der Waals surface area contributed by atoms with Crippen molar-refractivity contribution < 1.29 is 27.8 Å². The first-order valence-electron chi connectivity index (χ1n) is 9.29. The first-order chi connectivity index (χ1) is 13.8. The number of carbonyl (C=O) groups excluding carboxylic acids is 1. The zero-order chi connectivity index (χ0) is 21.0. The Bertz CT molecular complexity index is 843. The van der Waals surface area contributed by atoms with Crippen molar-refractivity contribution in [3.8, 4) is 5.75 Å². The van der Waals surface area contributed by atoms with Crippen LogP contribution in [0.5, 0.6) is 5.75 Å². The highest BCUT2D eigenvalue weighted by Crippen LogP contribution is 2.33. The number of aliphatic hydroxyl groups is 1. The van der Waals surface area contributed by atoms with Gasteiger partial charge >= 0.3 is 6.18 Å². The molecule has 29 heavy (non-hydrogen) atoms. The first-order valence-corrected chi connectivity index (χ1v) is 9.29. The Kier molecular flexibility index (Phi) is 6.36. The maximum Gasteiger partial charge on any atom is 0.433 e. The molecule has 1 amide bonds. The minimum absolute atomic E-state index is 0.0848. The van der Waals surface area contributed by atoms with Gasteiger partial charge in [0, 0.05) is 30.7 Å². The summed E-state index contributed by atoms with van der Waals surface area (Å²) in [4.78, 5) is 21.9. The van der Waals surface area contributed by atoms with Crippen LogP contribution in [0.2, 0.25) is 0 Å². The van der Waals surface area contributed by atoms with Crippen molar-refractivity contribution in [3.05, 3.63) is 53.6 Å². The van der Waals surface area contributed by atoms with E-state index in [4.69, 9.17) is 4.74 Å². The van der Waals surface area contributed by atoms with Gasteiger partial charge < -0.3 is 14.7 Å². The van der Waals surface area contributed by atoms with E-state index in [2.05, 4.69) is 9.97 Å². The molecule has 1 fully saturated rings. The number of aromatic nitrogens is 2. The topological polar surface area (TPSA) is 75.6 Å². The second-order valence-electron chi connectivity index (χ2n) is 6.94. The molecule has 0 aliphatic carbocycles. The number of piperidine rings is 1. The minimum Gasteiger partial charge on any atom is -0.496 e. The highest BCUT2D eigenvalue weighted by atomic mass is 19.4. The lowest BCUT2D eigenvalue weighted by Gasteiger charge is -2.39. The summed E-state index contributed by atoms with van der Waals surface area (Å²) in [5.74, 6) is 0.218. The number of alkyl halides is 3. The summed E-state index contributed by atoms with van der Waals surface area (Å²) in [6.07, 6.45) is 0.813. The van der Waals surface area contributed by atoms with Crippen molar-refractivity contribution in [3.63, 3.8) is 0 Å². The Morgan fingerprint density at radius 3 is 2.76 bits per heavy atom. The Hall–Kier alpha value is -2.68. The molecule has 0 aromatic carbocycles. The normalized spacial score (nSPS) is 18.4. The molecule has 1 aliphatic rings. The highest BCUT2D eigenvalue weighted by molar-refractivity contribution is 5.79. The lowest BCUT2D eigenvalue weighted by atomic mass is 9.92. The number of ether oxygens (including phenoxy) is 1. The first kappa shape index (κ1) is 21.0. The number of nitrogens with zero attached hydrogens (tertiary/aromatic N) is 3. The average molecular weight is 409 g/mol. The summed E-state index contributed by atoms with van der Waals surface area (Å²) in [5.41, 5.74) is -0.111. The van der Waals surface area contributed by atoms with E-state index in [-0.39, 0.29) is 12.3 Å². The van der Waals surface area contributed by atoms with Crippen LogP contribution < -0.4 is 4.74 Å². The molecule has 6 nitrogen and oxygen atoms in total. The van der Waals surface area contributed by atoms with Crippen molar-refractivity contribution in [1.82, 2.24) is 14.9 Å². The van der Waals surface area contributed by atoms with Gasteiger partial charge in [-0.2, -0.15) is 13.2 Å². The lowest BCUT2D eigenvalue weighted by Crippen LogP contribution is -2.47. The molecule has 1 aliphatic heterocycles. The van der Waals surface area contributed by atoms with Crippen LogP contribution in [-0.4, -0.2) is 45.6 Å². The molecule has 0 spiro atoms. The number of hydrogen-bond acceptors (Lipinski definition) is 5. The van der Waals surface area contributed by atoms with E-state index in [0.717, 1.165) is 25.1 Å². The Morgan fingerprint density at radius 1 is 1.31 bits per heavy atom. The molecule has 156 valence electrons. The zero-order valence-corrected chi connectivity index (χ0v) is 15.9. The van der Waals surface area contributed by atoms with Gasteiger partial charge in [-0.3, -0.25) is 14.8 Å². The van der Waals surface area contributed by atoms with Crippen LogP contribution in [0.1, 0.15) is 42.2 Å². The molecule has 1 saturated heterocycles. The van der Waals surface area contributed by atoms with Crippen LogP contribution in [0.25, 0.3) is 0 Å². The van der Waals surface area contributed by atoms with Crippen LogP contribution in [0, 0.1) is 0 Å². The van der Waals surface area contributed by atoms with Gasteiger partial charge in [-0.1, -0.05) is 6.07 Å². The predicted octanol–water partition coefficient (Wildman–Crippen LogP) is 3.16. The van der Waals surface area contributed by atoms with E-state index in [1.54, 1.807) is 17.2 Å². The number of aliphatic hydroxyl groups excluding tert-OH is 1. The fraction of sp³-hybridized carbons (Fsp3) is 0.450. The molecule has 0 bridgehead atoms. The molecule has 0 unspecified atom stereocenters. The minimum atomic E-state index is -4.52. The summed E-state index contributed by atoms with van der Waals surface area (Å²) < 4.78 is 43.2. The quantitative estimate of drug-likeness (QED) is 0.821. The molecule has 3 heterocycles. The van der Waals surface area contributed by atoms with Crippen molar-refractivity contribution in [1.29, 1.82) is 0 Å². The molecular weight excluding hydrogens is 387 g/mol. The van der Waals surface area contributed by atoms with Gasteiger partial charge in [0.25, 0.3) is 0 Å². The Morgan fingerprint density at radius 2 is 2.10 bits per heavy atom. The zero-order valence-electron chi connectivity index (χ0n) is 15.9.